The molecular weight excluding hydrogens is 546 g/mol. The predicted octanol–water partition coefficient (Wildman–Crippen LogP) is 1.13. The van der Waals surface area contributed by atoms with Crippen molar-refractivity contribution in [3.63, 3.8) is 0 Å². The minimum atomic E-state index is -1.68. The number of nitrogens with zero attached hydrogens (tertiary/aromatic N) is 3. The minimum absolute atomic E-state index is 0.0181. The van der Waals surface area contributed by atoms with Crippen molar-refractivity contribution in [1.29, 1.82) is 0 Å². The average molecular weight is 592 g/mol. The standard InChI is InChI=1S/C30H45N3O9/c1-28-8-6-21(34)16-20(28)4-5-22-23-7-9-30(38,29(23,2)17-24(35)27(22)28)25(36)19-41-26(37)18-32-13-11-31(12-14-32)10-3-15-42-33(39)40/h6,8,16,22-24,27,35,38-40H,3-5,7,9-15,17-19H2,1-2H3/t22?,23?,24?,27?,28?,29?,30-/m0/s1. The van der Waals surface area contributed by atoms with Crippen LogP contribution >= 0.6 is 0 Å². The van der Waals surface area contributed by atoms with E-state index in [9.17, 15) is 24.6 Å². The summed E-state index contributed by atoms with van der Waals surface area (Å²) in [6.07, 6.45) is 7.89. The molecule has 4 N–H and O–H groups in total. The lowest BCUT2D eigenvalue weighted by Gasteiger charge is -2.59. The quantitative estimate of drug-likeness (QED) is 0.163. The van der Waals surface area contributed by atoms with Gasteiger partial charge in [-0.25, -0.2) is 0 Å². The number of carbonyl (C=O) groups is 3. The Morgan fingerprint density at radius 1 is 1.12 bits per heavy atom. The molecule has 4 fully saturated rings. The third-order valence-corrected chi connectivity index (χ3v) is 11.1. The van der Waals surface area contributed by atoms with Crippen LogP contribution in [0.4, 0.5) is 0 Å². The number of fused-ring (bicyclic) bond motifs is 5. The van der Waals surface area contributed by atoms with E-state index in [0.29, 0.717) is 25.9 Å². The van der Waals surface area contributed by atoms with Gasteiger partial charge in [0.05, 0.1) is 24.6 Å². The second-order valence-electron chi connectivity index (χ2n) is 13.3. The summed E-state index contributed by atoms with van der Waals surface area (Å²) in [6, 6.07) is 0. The highest BCUT2D eigenvalue weighted by atomic mass is 17.1. The SMILES string of the molecule is CC12C=CC(=O)C=C1CCC1C2C(O)CC2(C)C1CC[C@]2(O)C(=O)COC(=O)CN1CCN(CCCON(O)O)CC1. The lowest BCUT2D eigenvalue weighted by Crippen LogP contribution is -2.61. The van der Waals surface area contributed by atoms with E-state index in [1.54, 1.807) is 12.2 Å². The number of carbonyl (C=O) groups excluding carboxylic acids is 3. The number of rotatable bonds is 10. The van der Waals surface area contributed by atoms with Crippen molar-refractivity contribution >= 4 is 17.5 Å². The molecule has 234 valence electrons. The smallest absolute Gasteiger partial charge is 0.320 e. The molecule has 0 aromatic heterocycles. The second kappa shape index (κ2) is 12.2. The van der Waals surface area contributed by atoms with E-state index in [2.05, 4.69) is 16.7 Å². The van der Waals surface area contributed by atoms with Crippen LogP contribution in [0, 0.1) is 28.6 Å². The van der Waals surface area contributed by atoms with Crippen molar-refractivity contribution in [2.24, 2.45) is 28.6 Å². The Morgan fingerprint density at radius 3 is 2.55 bits per heavy atom. The Morgan fingerprint density at radius 2 is 1.83 bits per heavy atom. The molecule has 12 nitrogen and oxygen atoms in total. The molecule has 7 atom stereocenters. The van der Waals surface area contributed by atoms with Crippen LogP contribution in [0.5, 0.6) is 0 Å². The highest BCUT2D eigenvalue weighted by Gasteiger charge is 2.68. The van der Waals surface area contributed by atoms with Crippen LogP contribution in [0.2, 0.25) is 0 Å². The maximum absolute atomic E-state index is 13.5. The average Bonchev–Trinajstić information content (AvgIpc) is 3.21. The van der Waals surface area contributed by atoms with Crippen LogP contribution in [0.1, 0.15) is 52.4 Å². The van der Waals surface area contributed by atoms with Gasteiger partial charge in [-0.2, -0.15) is 0 Å². The molecule has 0 bridgehead atoms. The molecule has 12 heteroatoms. The number of hydrogen-bond acceptors (Lipinski definition) is 12. The number of allylic oxidation sites excluding steroid dienone is 4. The first-order valence-corrected chi connectivity index (χ1v) is 15.2. The van der Waals surface area contributed by atoms with Gasteiger partial charge >= 0.3 is 5.97 Å². The summed E-state index contributed by atoms with van der Waals surface area (Å²) in [5.41, 5.74) is -1.88. The van der Waals surface area contributed by atoms with Gasteiger partial charge in [0, 0.05) is 49.5 Å². The highest BCUT2D eigenvalue weighted by molar-refractivity contribution is 6.01. The number of esters is 1. The van der Waals surface area contributed by atoms with E-state index >= 15 is 0 Å². The van der Waals surface area contributed by atoms with Crippen molar-refractivity contribution < 1.29 is 44.6 Å². The van der Waals surface area contributed by atoms with Gasteiger partial charge in [0.25, 0.3) is 0 Å². The maximum atomic E-state index is 13.5. The molecule has 1 saturated heterocycles. The van der Waals surface area contributed by atoms with Crippen molar-refractivity contribution in [1.82, 2.24) is 15.2 Å². The van der Waals surface area contributed by atoms with E-state index in [1.807, 2.05) is 17.9 Å². The van der Waals surface area contributed by atoms with Crippen LogP contribution in [-0.4, -0.2) is 118 Å². The molecule has 5 rings (SSSR count). The predicted molar refractivity (Wildman–Crippen MR) is 148 cm³/mol. The van der Waals surface area contributed by atoms with E-state index in [1.165, 1.54) is 0 Å². The first kappa shape index (κ1) is 31.4. The monoisotopic (exact) mass is 591 g/mol. The van der Waals surface area contributed by atoms with E-state index in [0.717, 1.165) is 38.0 Å². The van der Waals surface area contributed by atoms with Crippen LogP contribution in [0.3, 0.4) is 0 Å². The molecule has 0 aromatic rings. The number of hydrogen-bond donors (Lipinski definition) is 4. The van der Waals surface area contributed by atoms with Crippen LogP contribution in [0.15, 0.2) is 23.8 Å². The van der Waals surface area contributed by atoms with Crippen LogP contribution in [-0.2, 0) is 24.0 Å². The Hall–Kier alpha value is -2.03. The van der Waals surface area contributed by atoms with Crippen molar-refractivity contribution in [2.45, 2.75) is 64.1 Å². The molecule has 5 aliphatic rings. The molecule has 0 amide bonds. The molecule has 0 radical (unpaired) electrons. The summed E-state index contributed by atoms with van der Waals surface area (Å²) in [7, 11) is 0. The summed E-state index contributed by atoms with van der Waals surface area (Å²) in [5.74, 6) is -0.983. The number of aliphatic hydroxyl groups excluding tert-OH is 1. The van der Waals surface area contributed by atoms with Crippen molar-refractivity contribution in [2.75, 3.05) is 52.5 Å². The van der Waals surface area contributed by atoms with Gasteiger partial charge in [-0.3, -0.25) is 34.5 Å². The molecule has 1 aliphatic heterocycles. The lowest BCUT2D eigenvalue weighted by molar-refractivity contribution is -0.492. The molecule has 0 spiro atoms. The summed E-state index contributed by atoms with van der Waals surface area (Å²) >= 11 is 0. The molecule has 4 aliphatic carbocycles. The lowest BCUT2D eigenvalue weighted by atomic mass is 9.46. The number of ether oxygens (including phenoxy) is 1. The van der Waals surface area contributed by atoms with Gasteiger partial charge in [-0.15, -0.1) is 0 Å². The molecular formula is C30H45N3O9. The maximum Gasteiger partial charge on any atom is 0.320 e. The fourth-order valence-electron chi connectivity index (χ4n) is 8.89. The number of aliphatic hydroxyl groups is 2. The van der Waals surface area contributed by atoms with Gasteiger partial charge in [-0.1, -0.05) is 25.5 Å². The summed E-state index contributed by atoms with van der Waals surface area (Å²) in [4.78, 5) is 46.9. The summed E-state index contributed by atoms with van der Waals surface area (Å²) in [6.45, 7) is 7.24. The zero-order chi connectivity index (χ0) is 30.3. The van der Waals surface area contributed by atoms with Gasteiger partial charge in [0.15, 0.2) is 12.4 Å². The molecule has 1 heterocycles. The van der Waals surface area contributed by atoms with Gasteiger partial charge in [-0.05, 0) is 62.5 Å². The zero-order valence-corrected chi connectivity index (χ0v) is 24.6. The topological polar surface area (TPSA) is 160 Å². The minimum Gasteiger partial charge on any atom is -0.457 e. The van der Waals surface area contributed by atoms with E-state index < -0.39 is 40.9 Å². The third kappa shape index (κ3) is 5.75. The summed E-state index contributed by atoms with van der Waals surface area (Å²) in [5, 5.41) is 40.2. The molecule has 0 aromatic carbocycles. The highest BCUT2D eigenvalue weighted by Crippen LogP contribution is 2.67. The normalized spacial score (nSPS) is 38.5. The third-order valence-electron chi connectivity index (χ3n) is 11.1. The molecule has 6 unspecified atom stereocenters. The zero-order valence-electron chi connectivity index (χ0n) is 24.6. The Labute approximate surface area is 246 Å². The molecule has 42 heavy (non-hydrogen) atoms. The van der Waals surface area contributed by atoms with Gasteiger partial charge in [0.1, 0.15) is 5.60 Å². The van der Waals surface area contributed by atoms with E-state index in [-0.39, 0.29) is 54.9 Å². The van der Waals surface area contributed by atoms with Crippen molar-refractivity contribution in [3.05, 3.63) is 23.8 Å². The van der Waals surface area contributed by atoms with Crippen LogP contribution < -0.4 is 0 Å². The first-order valence-electron chi connectivity index (χ1n) is 15.2. The Bertz CT molecular complexity index is 1120. The number of Topliss-reactive ketones (excluding diaryl/α,β-unsaturated/α-hetero) is 1. The summed E-state index contributed by atoms with van der Waals surface area (Å²) < 4.78 is 5.38. The Balaban J connectivity index is 1.14. The second-order valence-corrected chi connectivity index (χ2v) is 13.3. The number of piperazine rings is 1. The molecule has 3 saturated carbocycles. The van der Waals surface area contributed by atoms with Crippen LogP contribution in [0.25, 0.3) is 0 Å². The first-order chi connectivity index (χ1) is 19.9. The fraction of sp³-hybridized carbons (Fsp3) is 0.767. The van der Waals surface area contributed by atoms with Crippen molar-refractivity contribution in [3.8, 4) is 0 Å². The van der Waals surface area contributed by atoms with E-state index in [4.69, 9.17) is 15.2 Å². The van der Waals surface area contributed by atoms with Gasteiger partial charge in [0.2, 0.25) is 5.78 Å². The largest absolute Gasteiger partial charge is 0.457 e. The fourth-order valence-corrected chi connectivity index (χ4v) is 8.89. The van der Waals surface area contributed by atoms with Gasteiger partial charge < -0.3 is 19.8 Å². The Kier molecular flexibility index (Phi) is 9.09. The number of ketones is 2.